The van der Waals surface area contributed by atoms with Crippen LogP contribution < -0.4 is 5.32 Å². The highest BCUT2D eigenvalue weighted by Gasteiger charge is 2.26. The van der Waals surface area contributed by atoms with Gasteiger partial charge in [0.1, 0.15) is 0 Å². The molecule has 2 unspecified atom stereocenters. The largest absolute Gasteiger partial charge is 0.396 e. The summed E-state index contributed by atoms with van der Waals surface area (Å²) in [6.07, 6.45) is 4.55. The Morgan fingerprint density at radius 1 is 1.53 bits per heavy atom. The molecule has 1 aliphatic heterocycles. The van der Waals surface area contributed by atoms with Crippen LogP contribution in [0, 0.1) is 0 Å². The number of rotatable bonds is 4. The molecule has 1 aromatic heterocycles. The quantitative estimate of drug-likeness (QED) is 0.803. The van der Waals surface area contributed by atoms with Crippen LogP contribution >= 0.6 is 0 Å². The predicted molar refractivity (Wildman–Crippen MR) is 67.6 cm³/mol. The molecule has 1 aliphatic rings. The zero-order valence-corrected chi connectivity index (χ0v) is 10.3. The van der Waals surface area contributed by atoms with Crippen molar-refractivity contribution in [3.8, 4) is 0 Å². The SMILES string of the molecule is CC1CNCC(CCO)N1Cc1cccnc1. The number of hydrogen-bond acceptors (Lipinski definition) is 4. The fourth-order valence-corrected chi connectivity index (χ4v) is 2.46. The van der Waals surface area contributed by atoms with Crippen molar-refractivity contribution in [3.63, 3.8) is 0 Å². The molecule has 0 radical (unpaired) electrons. The second kappa shape index (κ2) is 6.10. The molecular formula is C13H21N3O. The average Bonchev–Trinajstić information content (AvgIpc) is 2.35. The van der Waals surface area contributed by atoms with E-state index in [4.69, 9.17) is 5.11 Å². The van der Waals surface area contributed by atoms with Crippen molar-refractivity contribution in [1.29, 1.82) is 0 Å². The molecule has 0 aromatic carbocycles. The van der Waals surface area contributed by atoms with Gasteiger partial charge in [-0.3, -0.25) is 9.88 Å². The van der Waals surface area contributed by atoms with Crippen molar-refractivity contribution in [2.45, 2.75) is 32.0 Å². The number of nitrogens with one attached hydrogen (secondary N) is 1. The molecule has 4 heteroatoms. The summed E-state index contributed by atoms with van der Waals surface area (Å²) in [5, 5.41) is 12.5. The summed E-state index contributed by atoms with van der Waals surface area (Å²) in [5.74, 6) is 0. The zero-order valence-electron chi connectivity index (χ0n) is 10.3. The molecule has 0 aliphatic carbocycles. The Morgan fingerprint density at radius 3 is 3.12 bits per heavy atom. The van der Waals surface area contributed by atoms with Crippen molar-refractivity contribution in [2.24, 2.45) is 0 Å². The van der Waals surface area contributed by atoms with Crippen LogP contribution in [0.15, 0.2) is 24.5 Å². The second-order valence-corrected chi connectivity index (χ2v) is 4.71. The smallest absolute Gasteiger partial charge is 0.0446 e. The Hall–Kier alpha value is -0.970. The van der Waals surface area contributed by atoms with Gasteiger partial charge >= 0.3 is 0 Å². The van der Waals surface area contributed by atoms with Gasteiger partial charge in [0.25, 0.3) is 0 Å². The van der Waals surface area contributed by atoms with E-state index in [1.54, 1.807) is 6.20 Å². The zero-order chi connectivity index (χ0) is 12.1. The molecule has 2 N–H and O–H groups in total. The maximum atomic E-state index is 9.12. The maximum Gasteiger partial charge on any atom is 0.0446 e. The van der Waals surface area contributed by atoms with Crippen LogP contribution in [-0.2, 0) is 6.54 Å². The minimum absolute atomic E-state index is 0.253. The lowest BCUT2D eigenvalue weighted by molar-refractivity contribution is 0.0789. The van der Waals surface area contributed by atoms with Crippen molar-refractivity contribution in [2.75, 3.05) is 19.7 Å². The van der Waals surface area contributed by atoms with E-state index >= 15 is 0 Å². The van der Waals surface area contributed by atoms with Gasteiger partial charge in [0.2, 0.25) is 0 Å². The number of nitrogens with zero attached hydrogens (tertiary/aromatic N) is 2. The Morgan fingerprint density at radius 2 is 2.41 bits per heavy atom. The third kappa shape index (κ3) is 3.25. The van der Waals surface area contributed by atoms with E-state index < -0.39 is 0 Å². The Balaban J connectivity index is 2.04. The molecule has 2 rings (SSSR count). The summed E-state index contributed by atoms with van der Waals surface area (Å²) in [5.41, 5.74) is 1.24. The van der Waals surface area contributed by atoms with Gasteiger partial charge in [-0.25, -0.2) is 0 Å². The van der Waals surface area contributed by atoms with E-state index in [0.29, 0.717) is 12.1 Å². The van der Waals surface area contributed by atoms with Crippen molar-refractivity contribution in [1.82, 2.24) is 15.2 Å². The lowest BCUT2D eigenvalue weighted by Gasteiger charge is -2.41. The van der Waals surface area contributed by atoms with Crippen molar-refractivity contribution < 1.29 is 5.11 Å². The number of aliphatic hydroxyl groups excluding tert-OH is 1. The Kier molecular flexibility index (Phi) is 4.48. The van der Waals surface area contributed by atoms with Crippen LogP contribution in [-0.4, -0.2) is 46.8 Å². The monoisotopic (exact) mass is 235 g/mol. The predicted octanol–water partition coefficient (Wildman–Crippen LogP) is 0.626. The average molecular weight is 235 g/mol. The van der Waals surface area contributed by atoms with E-state index in [-0.39, 0.29) is 6.61 Å². The van der Waals surface area contributed by atoms with E-state index in [2.05, 4.69) is 28.2 Å². The number of piperazine rings is 1. The summed E-state index contributed by atoms with van der Waals surface area (Å²) in [4.78, 5) is 6.62. The Labute approximate surface area is 103 Å². The van der Waals surface area contributed by atoms with Crippen molar-refractivity contribution >= 4 is 0 Å². The fraction of sp³-hybridized carbons (Fsp3) is 0.615. The van der Waals surface area contributed by atoms with Gasteiger partial charge < -0.3 is 10.4 Å². The van der Waals surface area contributed by atoms with Gasteiger partial charge in [-0.1, -0.05) is 6.07 Å². The molecule has 94 valence electrons. The molecule has 1 fully saturated rings. The molecule has 2 atom stereocenters. The highest BCUT2D eigenvalue weighted by atomic mass is 16.3. The third-order valence-corrected chi connectivity index (χ3v) is 3.41. The van der Waals surface area contributed by atoms with E-state index in [9.17, 15) is 0 Å². The molecule has 0 bridgehead atoms. The van der Waals surface area contributed by atoms with Crippen LogP contribution in [0.2, 0.25) is 0 Å². The molecule has 0 saturated carbocycles. The summed E-state index contributed by atoms with van der Waals surface area (Å²) in [7, 11) is 0. The molecule has 0 amide bonds. The highest BCUT2D eigenvalue weighted by Crippen LogP contribution is 2.16. The van der Waals surface area contributed by atoms with Gasteiger partial charge in [-0.2, -0.15) is 0 Å². The molecule has 4 nitrogen and oxygen atoms in total. The number of aromatic nitrogens is 1. The fourth-order valence-electron chi connectivity index (χ4n) is 2.46. The normalized spacial score (nSPS) is 26.0. The first-order chi connectivity index (χ1) is 8.31. The van der Waals surface area contributed by atoms with Gasteiger partial charge in [-0.05, 0) is 25.0 Å². The third-order valence-electron chi connectivity index (χ3n) is 3.41. The van der Waals surface area contributed by atoms with Crippen molar-refractivity contribution in [3.05, 3.63) is 30.1 Å². The summed E-state index contributed by atoms with van der Waals surface area (Å²) in [6, 6.07) is 5.01. The molecular weight excluding hydrogens is 214 g/mol. The molecule has 17 heavy (non-hydrogen) atoms. The lowest BCUT2D eigenvalue weighted by atomic mass is 10.0. The lowest BCUT2D eigenvalue weighted by Crippen LogP contribution is -2.55. The number of hydrogen-bond donors (Lipinski definition) is 2. The second-order valence-electron chi connectivity index (χ2n) is 4.71. The van der Waals surface area contributed by atoms with E-state index in [0.717, 1.165) is 26.1 Å². The highest BCUT2D eigenvalue weighted by molar-refractivity contribution is 5.09. The van der Waals surface area contributed by atoms with Gasteiger partial charge in [0.05, 0.1) is 0 Å². The maximum absolute atomic E-state index is 9.12. The topological polar surface area (TPSA) is 48.4 Å². The van der Waals surface area contributed by atoms with Crippen LogP contribution in [0.25, 0.3) is 0 Å². The van der Waals surface area contributed by atoms with Gasteiger partial charge in [-0.15, -0.1) is 0 Å². The first kappa shape index (κ1) is 12.5. The summed E-state index contributed by atoms with van der Waals surface area (Å²) < 4.78 is 0. The molecule has 2 heterocycles. The summed E-state index contributed by atoms with van der Waals surface area (Å²) >= 11 is 0. The van der Waals surface area contributed by atoms with E-state index in [1.807, 2.05) is 12.3 Å². The van der Waals surface area contributed by atoms with Crippen LogP contribution in [0.5, 0.6) is 0 Å². The Bertz CT molecular complexity index is 329. The van der Waals surface area contributed by atoms with Gasteiger partial charge in [0.15, 0.2) is 0 Å². The minimum atomic E-state index is 0.253. The van der Waals surface area contributed by atoms with Crippen LogP contribution in [0.4, 0.5) is 0 Å². The van der Waals surface area contributed by atoms with Gasteiger partial charge in [0, 0.05) is 50.7 Å². The molecule has 1 aromatic rings. The molecule has 1 saturated heterocycles. The van der Waals surface area contributed by atoms with E-state index in [1.165, 1.54) is 5.56 Å². The number of aliphatic hydroxyl groups is 1. The first-order valence-electron chi connectivity index (χ1n) is 6.27. The minimum Gasteiger partial charge on any atom is -0.396 e. The van der Waals surface area contributed by atoms with Crippen LogP contribution in [0.1, 0.15) is 18.9 Å². The summed E-state index contributed by atoms with van der Waals surface area (Å²) in [6.45, 7) is 5.38. The number of pyridine rings is 1. The first-order valence-corrected chi connectivity index (χ1v) is 6.27. The molecule has 0 spiro atoms. The van der Waals surface area contributed by atoms with Crippen LogP contribution in [0.3, 0.4) is 0 Å². The standard InChI is InChI=1S/C13H21N3O/c1-11-7-15-9-13(4-6-17)16(11)10-12-3-2-5-14-8-12/h2-3,5,8,11,13,15,17H,4,6-7,9-10H2,1H3.